The first-order chi connectivity index (χ1) is 21.7. The van der Waals surface area contributed by atoms with Crippen LogP contribution in [0.1, 0.15) is 0 Å². The van der Waals surface area contributed by atoms with Gasteiger partial charge < -0.3 is 0 Å². The van der Waals surface area contributed by atoms with E-state index < -0.39 is 0 Å². The fourth-order valence-corrected chi connectivity index (χ4v) is 6.70. The van der Waals surface area contributed by atoms with Crippen molar-refractivity contribution in [1.29, 1.82) is 0 Å². The zero-order chi connectivity index (χ0) is 29.2. The molecule has 0 saturated heterocycles. The zero-order valence-electron chi connectivity index (χ0n) is 23.6. The molecular formula is C39H24N4S. The van der Waals surface area contributed by atoms with Gasteiger partial charge in [-0.05, 0) is 69.8 Å². The van der Waals surface area contributed by atoms with Crippen molar-refractivity contribution in [2.24, 2.45) is 0 Å². The van der Waals surface area contributed by atoms with E-state index in [1.807, 2.05) is 18.2 Å². The fraction of sp³-hybridized carbons (Fsp3) is 0. The van der Waals surface area contributed by atoms with Gasteiger partial charge >= 0.3 is 0 Å². The van der Waals surface area contributed by atoms with Crippen molar-refractivity contribution in [1.82, 2.24) is 18.8 Å². The lowest BCUT2D eigenvalue weighted by atomic mass is 10.0. The van der Waals surface area contributed by atoms with Gasteiger partial charge in [-0.2, -0.15) is 0 Å². The summed E-state index contributed by atoms with van der Waals surface area (Å²) in [7, 11) is 0. The van der Waals surface area contributed by atoms with Gasteiger partial charge in [0.1, 0.15) is 10.3 Å². The molecule has 206 valence electrons. The van der Waals surface area contributed by atoms with Crippen molar-refractivity contribution in [2.45, 2.75) is 0 Å². The Morgan fingerprint density at radius 1 is 0.409 bits per heavy atom. The maximum absolute atomic E-state index is 6.24. The van der Waals surface area contributed by atoms with Crippen molar-refractivity contribution in [3.8, 4) is 33.4 Å². The Morgan fingerprint density at radius 2 is 0.932 bits per heavy atom. The summed E-state index contributed by atoms with van der Waals surface area (Å²) in [6.45, 7) is 0. The molecule has 0 N–H and O–H groups in total. The van der Waals surface area contributed by atoms with Crippen LogP contribution in [-0.2, 0) is 0 Å². The third-order valence-corrected chi connectivity index (χ3v) is 8.91. The first-order valence-electron chi connectivity index (χ1n) is 14.6. The predicted molar refractivity (Wildman–Crippen MR) is 184 cm³/mol. The molecule has 5 heteroatoms. The Morgan fingerprint density at radius 3 is 1.55 bits per heavy atom. The predicted octanol–water partition coefficient (Wildman–Crippen LogP) is 10.2. The summed E-state index contributed by atoms with van der Waals surface area (Å²) in [4.78, 5) is 10.6. The van der Waals surface area contributed by atoms with Gasteiger partial charge in [0.2, 0.25) is 5.78 Å². The minimum Gasteiger partial charge on any atom is -0.269 e. The molecule has 0 spiro atoms. The average molecular weight is 581 g/mol. The molecule has 3 heterocycles. The van der Waals surface area contributed by atoms with Gasteiger partial charge in [0.15, 0.2) is 0 Å². The lowest BCUT2D eigenvalue weighted by molar-refractivity contribution is 1.07. The molecule has 9 aromatic rings. The van der Waals surface area contributed by atoms with Gasteiger partial charge in [-0.3, -0.25) is 8.80 Å². The number of hydrogen-bond donors (Lipinski definition) is 0. The van der Waals surface area contributed by atoms with Crippen LogP contribution in [-0.4, -0.2) is 18.8 Å². The van der Waals surface area contributed by atoms with E-state index in [9.17, 15) is 0 Å². The minimum atomic E-state index is 0.728. The monoisotopic (exact) mass is 580 g/mol. The molecule has 0 saturated carbocycles. The topological polar surface area (TPSA) is 34.6 Å². The van der Waals surface area contributed by atoms with Crippen molar-refractivity contribution in [2.75, 3.05) is 0 Å². The van der Waals surface area contributed by atoms with Crippen molar-refractivity contribution in [3.63, 3.8) is 0 Å². The molecule has 44 heavy (non-hydrogen) atoms. The summed E-state index contributed by atoms with van der Waals surface area (Å²) in [5.74, 6) is 0.748. The second-order valence-corrected chi connectivity index (χ2v) is 11.5. The van der Waals surface area contributed by atoms with Crippen LogP contribution in [0.15, 0.2) is 146 Å². The van der Waals surface area contributed by atoms with Gasteiger partial charge in [0.05, 0.1) is 22.1 Å². The van der Waals surface area contributed by atoms with Gasteiger partial charge in [0, 0.05) is 10.8 Å². The first-order valence-corrected chi connectivity index (χ1v) is 15.0. The molecule has 9 rings (SSSR count). The molecule has 3 aromatic heterocycles. The van der Waals surface area contributed by atoms with E-state index in [0.29, 0.717) is 0 Å². The normalized spacial score (nSPS) is 11.7. The molecule has 0 aliphatic heterocycles. The molecule has 0 amide bonds. The van der Waals surface area contributed by atoms with Gasteiger partial charge in [-0.1, -0.05) is 121 Å². The number of nitrogens with zero attached hydrogens (tertiary/aromatic N) is 4. The molecule has 0 atom stereocenters. The van der Waals surface area contributed by atoms with Gasteiger partial charge in [-0.15, -0.1) is 0 Å². The van der Waals surface area contributed by atoms with Crippen LogP contribution in [0, 0.1) is 4.64 Å². The molecule has 0 unspecified atom stereocenters. The number of rotatable bonds is 3. The standard InChI is InChI=1S/C39H24N4S/c44-38-31-19-16-29(26-12-6-2-7-13-26)23-33(31)41-39-42-36-21-18-30(27-14-8-3-9-15-27)24-34(36)40-37(42)32-22-28(17-20-35(32)43(38)39)25-10-4-1-5-11-25/h1-24H. The molecule has 6 aromatic carbocycles. The van der Waals surface area contributed by atoms with E-state index in [0.717, 1.165) is 82.3 Å². The SMILES string of the molecule is S=c1c2ccc(-c3ccccc3)cc2nc2n1c1ccc(-c3ccccc3)cc1c1nc3cc(-c4ccccc4)ccc3n12. The number of aromatic nitrogens is 4. The summed E-state index contributed by atoms with van der Waals surface area (Å²) >= 11 is 6.24. The Hall–Kier alpha value is -5.65. The van der Waals surface area contributed by atoms with E-state index in [1.54, 1.807) is 0 Å². The highest BCUT2D eigenvalue weighted by Crippen LogP contribution is 2.34. The second-order valence-electron chi connectivity index (χ2n) is 11.1. The molecule has 0 aliphatic carbocycles. The highest BCUT2D eigenvalue weighted by Gasteiger charge is 2.18. The zero-order valence-corrected chi connectivity index (χ0v) is 24.4. The average Bonchev–Trinajstić information content (AvgIpc) is 3.48. The quantitative estimate of drug-likeness (QED) is 0.118. The molecule has 0 bridgehead atoms. The summed E-state index contributed by atoms with van der Waals surface area (Å²) in [5.41, 5.74) is 11.4. The third-order valence-electron chi connectivity index (χ3n) is 8.51. The fourth-order valence-electron chi connectivity index (χ4n) is 6.35. The number of benzene rings is 6. The molecule has 4 nitrogen and oxygen atoms in total. The van der Waals surface area contributed by atoms with Crippen LogP contribution in [0.4, 0.5) is 0 Å². The van der Waals surface area contributed by atoms with E-state index in [1.165, 1.54) is 0 Å². The van der Waals surface area contributed by atoms with E-state index in [2.05, 4.69) is 136 Å². The Labute approximate surface area is 258 Å². The smallest absolute Gasteiger partial charge is 0.222 e. The summed E-state index contributed by atoms with van der Waals surface area (Å²) in [6.07, 6.45) is 0. The van der Waals surface area contributed by atoms with Crippen LogP contribution < -0.4 is 0 Å². The van der Waals surface area contributed by atoms with Gasteiger partial charge in [0.25, 0.3) is 0 Å². The summed E-state index contributed by atoms with van der Waals surface area (Å²) in [5, 5.41) is 1.97. The van der Waals surface area contributed by atoms with Crippen LogP contribution >= 0.6 is 12.2 Å². The summed E-state index contributed by atoms with van der Waals surface area (Å²) < 4.78 is 5.01. The molecule has 0 aliphatic rings. The van der Waals surface area contributed by atoms with E-state index in [-0.39, 0.29) is 0 Å². The Kier molecular flexibility index (Phi) is 5.49. The minimum absolute atomic E-state index is 0.728. The second kappa shape index (κ2) is 9.69. The van der Waals surface area contributed by atoms with E-state index in [4.69, 9.17) is 22.2 Å². The van der Waals surface area contributed by atoms with Crippen molar-refractivity contribution >= 4 is 56.5 Å². The first kappa shape index (κ1) is 24.9. The van der Waals surface area contributed by atoms with Crippen LogP contribution in [0.5, 0.6) is 0 Å². The lowest BCUT2D eigenvalue weighted by Crippen LogP contribution is -2.05. The number of imidazole rings is 1. The molecule has 0 radical (unpaired) electrons. The largest absolute Gasteiger partial charge is 0.269 e. The van der Waals surface area contributed by atoms with E-state index >= 15 is 0 Å². The number of fused-ring (bicyclic) bond motifs is 9. The molecular weight excluding hydrogens is 557 g/mol. The van der Waals surface area contributed by atoms with Crippen molar-refractivity contribution < 1.29 is 0 Å². The van der Waals surface area contributed by atoms with Crippen molar-refractivity contribution in [3.05, 3.63) is 150 Å². The molecule has 0 fully saturated rings. The Bertz CT molecular complexity index is 2610. The third kappa shape index (κ3) is 3.80. The maximum Gasteiger partial charge on any atom is 0.222 e. The highest BCUT2D eigenvalue weighted by atomic mass is 32.1. The van der Waals surface area contributed by atoms with Gasteiger partial charge in [-0.25, -0.2) is 9.97 Å². The van der Waals surface area contributed by atoms with Crippen LogP contribution in [0.3, 0.4) is 0 Å². The maximum atomic E-state index is 6.24. The van der Waals surface area contributed by atoms with Crippen LogP contribution in [0.25, 0.3) is 77.6 Å². The summed E-state index contributed by atoms with van der Waals surface area (Å²) in [6, 6.07) is 50.7. The highest BCUT2D eigenvalue weighted by molar-refractivity contribution is 7.71. The van der Waals surface area contributed by atoms with Crippen LogP contribution in [0.2, 0.25) is 0 Å². The Balaban J connectivity index is 1.42. The lowest BCUT2D eigenvalue weighted by Gasteiger charge is -2.14. The number of hydrogen-bond acceptors (Lipinski definition) is 3.